The topological polar surface area (TPSA) is 43.4 Å². The van der Waals surface area contributed by atoms with Gasteiger partial charge in [0, 0.05) is 25.4 Å². The van der Waals surface area contributed by atoms with Crippen molar-refractivity contribution >= 4 is 11.6 Å². The van der Waals surface area contributed by atoms with E-state index in [4.69, 9.17) is 4.74 Å². The highest BCUT2D eigenvalue weighted by Crippen LogP contribution is 2.06. The minimum atomic E-state index is 0.0303. The second kappa shape index (κ2) is 9.34. The van der Waals surface area contributed by atoms with Crippen LogP contribution in [0.15, 0.2) is 0 Å². The summed E-state index contributed by atoms with van der Waals surface area (Å²) in [7, 11) is 0. The van der Waals surface area contributed by atoms with E-state index in [9.17, 15) is 9.59 Å². The number of hydrogen-bond donors (Lipinski definition) is 0. The van der Waals surface area contributed by atoms with Gasteiger partial charge in [-0.05, 0) is 18.8 Å². The quantitative estimate of drug-likeness (QED) is 0.553. The molecule has 0 fully saturated rings. The van der Waals surface area contributed by atoms with Crippen LogP contribution in [0.25, 0.3) is 0 Å². The molecule has 0 N–H and O–H groups in total. The molecule has 0 spiro atoms. The largest absolute Gasteiger partial charge is 0.374 e. The summed E-state index contributed by atoms with van der Waals surface area (Å²) >= 11 is 0. The molecule has 0 aliphatic heterocycles. The number of ketones is 2. The van der Waals surface area contributed by atoms with Gasteiger partial charge in [-0.3, -0.25) is 9.59 Å². The van der Waals surface area contributed by atoms with Crippen LogP contribution in [0.5, 0.6) is 0 Å². The zero-order valence-electron chi connectivity index (χ0n) is 11.6. The number of ether oxygens (including phenoxy) is 1. The summed E-state index contributed by atoms with van der Waals surface area (Å²) in [5.41, 5.74) is 0. The molecule has 0 radical (unpaired) electrons. The summed E-state index contributed by atoms with van der Waals surface area (Å²) < 4.78 is 5.23. The lowest BCUT2D eigenvalue weighted by Crippen LogP contribution is -2.15. The van der Waals surface area contributed by atoms with Gasteiger partial charge in [0.05, 0.1) is 0 Å². The molecule has 0 atom stereocenters. The molecule has 3 nitrogen and oxygen atoms in total. The highest BCUT2D eigenvalue weighted by Gasteiger charge is 2.07. The first-order valence-corrected chi connectivity index (χ1v) is 6.55. The maximum atomic E-state index is 11.4. The Morgan fingerprint density at radius 1 is 1.06 bits per heavy atom. The number of carbonyl (C=O) groups excluding carboxylic acids is 2. The summed E-state index contributed by atoms with van der Waals surface area (Å²) in [5, 5.41) is 0. The van der Waals surface area contributed by atoms with Crippen LogP contribution < -0.4 is 0 Å². The van der Waals surface area contributed by atoms with Crippen molar-refractivity contribution in [3.8, 4) is 0 Å². The predicted molar refractivity (Wildman–Crippen MR) is 69.0 cm³/mol. The smallest absolute Gasteiger partial charge is 0.160 e. The van der Waals surface area contributed by atoms with Gasteiger partial charge in [-0.15, -0.1) is 0 Å². The molecule has 100 valence electrons. The van der Waals surface area contributed by atoms with Gasteiger partial charge >= 0.3 is 0 Å². The van der Waals surface area contributed by atoms with Crippen LogP contribution in [0.2, 0.25) is 0 Å². The van der Waals surface area contributed by atoms with Gasteiger partial charge in [0.1, 0.15) is 12.4 Å². The second-order valence-corrected chi connectivity index (χ2v) is 5.25. The highest BCUT2D eigenvalue weighted by atomic mass is 16.5. The summed E-state index contributed by atoms with van der Waals surface area (Å²) in [6, 6.07) is 0. The van der Waals surface area contributed by atoms with Crippen molar-refractivity contribution in [2.75, 3.05) is 13.2 Å². The fraction of sp³-hybridized carbons (Fsp3) is 0.857. The van der Waals surface area contributed by atoms with Gasteiger partial charge in [-0.2, -0.15) is 0 Å². The molecule has 3 heteroatoms. The predicted octanol–water partition coefficient (Wildman–Crippen LogP) is 3.01. The maximum Gasteiger partial charge on any atom is 0.160 e. The van der Waals surface area contributed by atoms with E-state index < -0.39 is 0 Å². The van der Waals surface area contributed by atoms with Crippen LogP contribution >= 0.6 is 0 Å². The minimum absolute atomic E-state index is 0.0303. The Hall–Kier alpha value is -0.700. The summed E-state index contributed by atoms with van der Waals surface area (Å²) in [6.07, 6.45) is 2.93. The van der Waals surface area contributed by atoms with Crippen molar-refractivity contribution in [2.45, 2.75) is 53.4 Å². The molecule has 0 aliphatic carbocycles. The third-order valence-electron chi connectivity index (χ3n) is 2.63. The van der Waals surface area contributed by atoms with Gasteiger partial charge in [-0.25, -0.2) is 0 Å². The minimum Gasteiger partial charge on any atom is -0.374 e. The standard InChI is InChI=1S/C14H26O3/c1-11(2)7-8-13(15)6-5-9-17-10-14(16)12(3)4/h11-12H,5-10H2,1-4H3. The third kappa shape index (κ3) is 10.2. The molecule has 0 saturated heterocycles. The SMILES string of the molecule is CC(C)CCC(=O)CCCOCC(=O)C(C)C. The zero-order valence-corrected chi connectivity index (χ0v) is 11.6. The Bertz CT molecular complexity index is 232. The van der Waals surface area contributed by atoms with E-state index in [1.807, 2.05) is 13.8 Å². The van der Waals surface area contributed by atoms with Crippen LogP contribution in [0.1, 0.15) is 53.4 Å². The molecular weight excluding hydrogens is 216 g/mol. The molecule has 0 aliphatic rings. The van der Waals surface area contributed by atoms with Gasteiger partial charge in [-0.1, -0.05) is 27.7 Å². The van der Waals surface area contributed by atoms with Crippen molar-refractivity contribution in [3.63, 3.8) is 0 Å². The molecule has 0 saturated carbocycles. The fourth-order valence-electron chi connectivity index (χ4n) is 1.29. The maximum absolute atomic E-state index is 11.4. The van der Waals surface area contributed by atoms with E-state index in [1.54, 1.807) is 0 Å². The van der Waals surface area contributed by atoms with Crippen molar-refractivity contribution < 1.29 is 14.3 Å². The normalized spacial score (nSPS) is 11.2. The Labute approximate surface area is 105 Å². The molecule has 0 unspecified atom stereocenters. The van der Waals surface area contributed by atoms with Crippen LogP contribution in [-0.2, 0) is 14.3 Å². The van der Waals surface area contributed by atoms with E-state index in [0.717, 1.165) is 12.8 Å². The zero-order chi connectivity index (χ0) is 13.3. The third-order valence-corrected chi connectivity index (χ3v) is 2.63. The van der Waals surface area contributed by atoms with E-state index in [1.165, 1.54) is 0 Å². The average Bonchev–Trinajstić information content (AvgIpc) is 2.25. The summed E-state index contributed by atoms with van der Waals surface area (Å²) in [6.45, 7) is 8.65. The van der Waals surface area contributed by atoms with E-state index >= 15 is 0 Å². The number of rotatable bonds is 10. The molecular formula is C14H26O3. The number of Topliss-reactive ketones (excluding diaryl/α,β-unsaturated/α-hetero) is 2. The van der Waals surface area contributed by atoms with Gasteiger partial charge in [0.15, 0.2) is 5.78 Å². The molecule has 0 aromatic carbocycles. The Balaban J connectivity index is 3.39. The number of carbonyl (C=O) groups is 2. The van der Waals surface area contributed by atoms with E-state index in [-0.39, 0.29) is 18.3 Å². The Morgan fingerprint density at radius 2 is 1.71 bits per heavy atom. The fourth-order valence-corrected chi connectivity index (χ4v) is 1.29. The first kappa shape index (κ1) is 16.3. The van der Waals surface area contributed by atoms with Crippen molar-refractivity contribution in [2.24, 2.45) is 11.8 Å². The Kier molecular flexibility index (Phi) is 8.96. The first-order valence-electron chi connectivity index (χ1n) is 6.55. The lowest BCUT2D eigenvalue weighted by Gasteiger charge is -2.06. The van der Waals surface area contributed by atoms with Crippen molar-refractivity contribution in [1.29, 1.82) is 0 Å². The van der Waals surface area contributed by atoms with Gasteiger partial charge in [0.2, 0.25) is 0 Å². The van der Waals surface area contributed by atoms with Crippen LogP contribution in [0, 0.1) is 11.8 Å². The Morgan fingerprint density at radius 3 is 2.24 bits per heavy atom. The monoisotopic (exact) mass is 242 g/mol. The number of hydrogen-bond acceptors (Lipinski definition) is 3. The van der Waals surface area contributed by atoms with Crippen LogP contribution in [0.4, 0.5) is 0 Å². The average molecular weight is 242 g/mol. The summed E-state index contributed by atoms with van der Waals surface area (Å²) in [4.78, 5) is 22.7. The molecule has 0 aromatic heterocycles. The first-order chi connectivity index (χ1) is 7.93. The molecule has 0 bridgehead atoms. The van der Waals surface area contributed by atoms with E-state index in [0.29, 0.717) is 31.1 Å². The molecule has 0 rings (SSSR count). The highest BCUT2D eigenvalue weighted by molar-refractivity contribution is 5.81. The second-order valence-electron chi connectivity index (χ2n) is 5.25. The van der Waals surface area contributed by atoms with Crippen molar-refractivity contribution in [3.05, 3.63) is 0 Å². The lowest BCUT2D eigenvalue weighted by atomic mass is 10.0. The summed E-state index contributed by atoms with van der Waals surface area (Å²) in [5.74, 6) is 1.04. The van der Waals surface area contributed by atoms with E-state index in [2.05, 4.69) is 13.8 Å². The van der Waals surface area contributed by atoms with Crippen molar-refractivity contribution in [1.82, 2.24) is 0 Å². The molecule has 17 heavy (non-hydrogen) atoms. The lowest BCUT2D eigenvalue weighted by molar-refractivity contribution is -0.126. The van der Waals surface area contributed by atoms with Gasteiger partial charge < -0.3 is 4.74 Å². The molecule has 0 amide bonds. The molecule has 0 heterocycles. The molecule has 0 aromatic rings. The van der Waals surface area contributed by atoms with Crippen LogP contribution in [-0.4, -0.2) is 24.8 Å². The van der Waals surface area contributed by atoms with Gasteiger partial charge in [0.25, 0.3) is 0 Å². The van der Waals surface area contributed by atoms with Crippen LogP contribution in [0.3, 0.4) is 0 Å².